The van der Waals surface area contributed by atoms with Gasteiger partial charge in [-0.25, -0.2) is 4.79 Å². The second kappa shape index (κ2) is 17.2. The van der Waals surface area contributed by atoms with E-state index in [1.165, 1.54) is 31.4 Å². The minimum absolute atomic E-state index is 0.0606. The van der Waals surface area contributed by atoms with Gasteiger partial charge in [0, 0.05) is 25.2 Å². The lowest BCUT2D eigenvalue weighted by atomic mass is 10.1. The average molecular weight is 561 g/mol. The fourth-order valence-corrected chi connectivity index (χ4v) is 4.13. The van der Waals surface area contributed by atoms with Crippen molar-refractivity contribution in [2.45, 2.75) is 90.4 Å². The molecule has 0 unspecified atom stereocenters. The topological polar surface area (TPSA) is 86.7 Å². The fourth-order valence-electron chi connectivity index (χ4n) is 4.13. The number of carbonyl (C=O) groups excluding carboxylic acids is 2. The first-order valence-electron chi connectivity index (χ1n) is 13.8. The lowest BCUT2D eigenvalue weighted by molar-refractivity contribution is -0.156. The highest BCUT2D eigenvalue weighted by Gasteiger charge is 2.30. The molecule has 2 N–H and O–H groups in total. The summed E-state index contributed by atoms with van der Waals surface area (Å²) in [6, 6.07) is 10.9. The molecule has 0 fully saturated rings. The van der Waals surface area contributed by atoms with E-state index < -0.39 is 23.6 Å². The summed E-state index contributed by atoms with van der Waals surface area (Å²) in [5.41, 5.74) is 0.735. The number of aliphatic carboxylic acids is 1. The molecule has 0 atom stereocenters. The number of carboxylic acid groups (broad SMARTS) is 1. The third kappa shape index (κ3) is 12.5. The normalized spacial score (nSPS) is 11.5. The molecule has 218 valence electrons. The molecule has 0 saturated heterocycles. The number of amides is 2. The number of benzene rings is 2. The van der Waals surface area contributed by atoms with E-state index in [0.29, 0.717) is 23.2 Å². The summed E-state index contributed by atoms with van der Waals surface area (Å²) in [5, 5.41) is 12.0. The van der Waals surface area contributed by atoms with Gasteiger partial charge >= 0.3 is 18.1 Å². The van der Waals surface area contributed by atoms with Crippen molar-refractivity contribution in [2.24, 2.45) is 0 Å². The smallest absolute Gasteiger partial charge is 0.416 e. The first kappa shape index (κ1) is 32.6. The number of nitrogens with zero attached hydrogens (tertiary/aromatic N) is 1. The van der Waals surface area contributed by atoms with Crippen LogP contribution in [0.25, 0.3) is 0 Å². The van der Waals surface area contributed by atoms with Gasteiger partial charge in [-0.15, -0.1) is 0 Å². The van der Waals surface area contributed by atoms with Gasteiger partial charge in [0.05, 0.1) is 5.56 Å². The zero-order valence-corrected chi connectivity index (χ0v) is 23.0. The molecule has 0 aliphatic heterocycles. The minimum atomic E-state index is -4.49. The Labute approximate surface area is 234 Å². The summed E-state index contributed by atoms with van der Waals surface area (Å²) in [6.07, 6.45) is 10.4. The van der Waals surface area contributed by atoms with Crippen molar-refractivity contribution < 1.29 is 32.7 Å². The predicted molar refractivity (Wildman–Crippen MR) is 149 cm³/mol. The van der Waals surface area contributed by atoms with E-state index in [4.69, 9.17) is 0 Å². The monoisotopic (exact) mass is 560 g/mol. The third-order valence-corrected chi connectivity index (χ3v) is 6.40. The SMILES string of the molecule is CCCC/C=C\CCCCCCCC(=O)Nc1ccc(CN(Cc2ccc(C(F)(F)F)cc2)C(=O)C(=O)O)cc1. The molecule has 0 bridgehead atoms. The van der Waals surface area contributed by atoms with Crippen LogP contribution in [0, 0.1) is 0 Å². The number of unbranched alkanes of at least 4 members (excludes halogenated alkanes) is 7. The molecule has 6 nitrogen and oxygen atoms in total. The van der Waals surface area contributed by atoms with Gasteiger partial charge < -0.3 is 15.3 Å². The molecular formula is C31H39F3N2O4. The van der Waals surface area contributed by atoms with Crippen molar-refractivity contribution in [3.8, 4) is 0 Å². The van der Waals surface area contributed by atoms with Gasteiger partial charge in [0.2, 0.25) is 5.91 Å². The van der Waals surface area contributed by atoms with Gasteiger partial charge in [0.1, 0.15) is 0 Å². The van der Waals surface area contributed by atoms with Crippen LogP contribution in [0.5, 0.6) is 0 Å². The molecule has 2 aromatic carbocycles. The van der Waals surface area contributed by atoms with Gasteiger partial charge in [0.15, 0.2) is 0 Å². The van der Waals surface area contributed by atoms with Crippen LogP contribution in [0.1, 0.15) is 87.8 Å². The number of rotatable bonds is 16. The van der Waals surface area contributed by atoms with Crippen LogP contribution in [-0.2, 0) is 33.6 Å². The van der Waals surface area contributed by atoms with E-state index in [1.807, 2.05) is 0 Å². The summed E-state index contributed by atoms with van der Waals surface area (Å²) >= 11 is 0. The van der Waals surface area contributed by atoms with Crippen LogP contribution in [0.15, 0.2) is 60.7 Å². The van der Waals surface area contributed by atoms with Gasteiger partial charge in [0.25, 0.3) is 0 Å². The number of carbonyl (C=O) groups is 3. The maximum atomic E-state index is 12.8. The van der Waals surface area contributed by atoms with E-state index >= 15 is 0 Å². The fraction of sp³-hybridized carbons (Fsp3) is 0.452. The zero-order valence-electron chi connectivity index (χ0n) is 23.0. The molecule has 0 spiro atoms. The van der Waals surface area contributed by atoms with Crippen LogP contribution in [0.4, 0.5) is 18.9 Å². The number of carboxylic acids is 1. The highest BCUT2D eigenvalue weighted by molar-refractivity contribution is 6.31. The van der Waals surface area contributed by atoms with Crippen molar-refractivity contribution in [1.82, 2.24) is 4.90 Å². The molecule has 0 heterocycles. The number of halogens is 3. The van der Waals surface area contributed by atoms with Crippen LogP contribution in [0.2, 0.25) is 0 Å². The Morgan fingerprint density at radius 2 is 1.32 bits per heavy atom. The standard InChI is InChI=1S/C31H39F3N2O4/c1-2-3-4-5-6-7-8-9-10-11-12-13-28(37)35-27-20-16-25(17-21-27)23-36(29(38)30(39)40)22-24-14-18-26(19-15-24)31(32,33)34/h5-6,14-21H,2-4,7-13,22-23H2,1H3,(H,35,37)(H,39,40)/b6-5-. The van der Waals surface area contributed by atoms with Crippen LogP contribution >= 0.6 is 0 Å². The minimum Gasteiger partial charge on any atom is -0.474 e. The average Bonchev–Trinajstić information content (AvgIpc) is 2.91. The maximum absolute atomic E-state index is 12.8. The molecular weight excluding hydrogens is 521 g/mol. The Hall–Kier alpha value is -3.62. The maximum Gasteiger partial charge on any atom is 0.416 e. The first-order chi connectivity index (χ1) is 19.1. The summed E-state index contributed by atoms with van der Waals surface area (Å²) in [4.78, 5) is 36.9. The second-order valence-corrected chi connectivity index (χ2v) is 9.83. The van der Waals surface area contributed by atoms with Crippen LogP contribution < -0.4 is 5.32 Å². The van der Waals surface area contributed by atoms with E-state index in [2.05, 4.69) is 24.4 Å². The zero-order chi connectivity index (χ0) is 29.4. The van der Waals surface area contributed by atoms with Crippen molar-refractivity contribution in [3.63, 3.8) is 0 Å². The van der Waals surface area contributed by atoms with E-state index in [0.717, 1.165) is 55.6 Å². The number of nitrogens with one attached hydrogen (secondary N) is 1. The number of allylic oxidation sites excluding steroid dienone is 2. The van der Waals surface area contributed by atoms with Crippen molar-refractivity contribution in [1.29, 1.82) is 0 Å². The van der Waals surface area contributed by atoms with Gasteiger partial charge in [-0.1, -0.05) is 75.4 Å². The second-order valence-electron chi connectivity index (χ2n) is 9.83. The van der Waals surface area contributed by atoms with E-state index in [1.54, 1.807) is 24.3 Å². The molecule has 0 aliphatic carbocycles. The van der Waals surface area contributed by atoms with E-state index in [-0.39, 0.29) is 19.0 Å². The largest absolute Gasteiger partial charge is 0.474 e. The Kier molecular flexibility index (Phi) is 14.0. The highest BCUT2D eigenvalue weighted by Crippen LogP contribution is 2.29. The Bertz CT molecular complexity index is 1100. The molecule has 0 radical (unpaired) electrons. The summed E-state index contributed by atoms with van der Waals surface area (Å²) in [5.74, 6) is -2.91. The van der Waals surface area contributed by atoms with Crippen molar-refractivity contribution in [3.05, 3.63) is 77.4 Å². The quantitative estimate of drug-likeness (QED) is 0.125. The highest BCUT2D eigenvalue weighted by atomic mass is 19.4. The lowest BCUT2D eigenvalue weighted by Crippen LogP contribution is -2.35. The first-order valence-corrected chi connectivity index (χ1v) is 13.8. The summed E-state index contributed by atoms with van der Waals surface area (Å²) < 4.78 is 38.4. The molecule has 9 heteroatoms. The van der Waals surface area contributed by atoms with Crippen LogP contribution in [-0.4, -0.2) is 27.8 Å². The number of hydrogen-bond donors (Lipinski definition) is 2. The Morgan fingerprint density at radius 1 is 0.800 bits per heavy atom. The van der Waals surface area contributed by atoms with Gasteiger partial charge in [-0.3, -0.25) is 9.59 Å². The molecule has 0 aliphatic rings. The van der Waals surface area contributed by atoms with Gasteiger partial charge in [-0.05, 0) is 61.1 Å². The molecule has 0 aromatic heterocycles. The summed E-state index contributed by atoms with van der Waals surface area (Å²) in [7, 11) is 0. The van der Waals surface area contributed by atoms with Gasteiger partial charge in [-0.2, -0.15) is 13.2 Å². The molecule has 2 aromatic rings. The lowest BCUT2D eigenvalue weighted by Gasteiger charge is -2.21. The predicted octanol–water partition coefficient (Wildman–Crippen LogP) is 7.73. The molecule has 40 heavy (non-hydrogen) atoms. The summed E-state index contributed by atoms with van der Waals surface area (Å²) in [6.45, 7) is 1.96. The molecule has 2 amide bonds. The number of alkyl halides is 3. The molecule has 2 rings (SSSR count). The third-order valence-electron chi connectivity index (χ3n) is 6.40. The number of hydrogen-bond acceptors (Lipinski definition) is 3. The van der Waals surface area contributed by atoms with E-state index in [9.17, 15) is 32.7 Å². The van der Waals surface area contributed by atoms with Crippen molar-refractivity contribution >= 4 is 23.5 Å². The van der Waals surface area contributed by atoms with Crippen LogP contribution in [0.3, 0.4) is 0 Å². The van der Waals surface area contributed by atoms with Crippen molar-refractivity contribution in [2.75, 3.05) is 5.32 Å². The Balaban J connectivity index is 1.79. The molecule has 0 saturated carbocycles. The number of anilines is 1. The Morgan fingerprint density at radius 3 is 1.88 bits per heavy atom.